The van der Waals surface area contributed by atoms with E-state index in [4.69, 9.17) is 23.2 Å². The van der Waals surface area contributed by atoms with Crippen LogP contribution in [0.3, 0.4) is 0 Å². The molecule has 1 N–H and O–H groups in total. The number of nitrogens with zero attached hydrogens (tertiary/aromatic N) is 2. The van der Waals surface area contributed by atoms with Crippen molar-refractivity contribution in [2.45, 2.75) is 16.6 Å². The van der Waals surface area contributed by atoms with Crippen LogP contribution in [0.1, 0.15) is 5.56 Å². The second-order valence-corrected chi connectivity index (χ2v) is 7.48. The van der Waals surface area contributed by atoms with Crippen molar-refractivity contribution in [1.29, 1.82) is 0 Å². The van der Waals surface area contributed by atoms with Crippen LogP contribution in [0, 0.1) is 0 Å². The molecule has 0 unspecified atom stereocenters. The van der Waals surface area contributed by atoms with E-state index in [2.05, 4.69) is 10.4 Å². The smallest absolute Gasteiger partial charge is 0.372 e. The molecule has 5 nitrogen and oxygen atoms in total. The molecule has 14 heteroatoms. The lowest BCUT2D eigenvalue weighted by Crippen LogP contribution is -2.24. The number of halogens is 8. The van der Waals surface area contributed by atoms with Crippen LogP contribution >= 0.6 is 23.2 Å². The molecule has 2 aromatic rings. The quantitative estimate of drug-likeness (QED) is 0.710. The van der Waals surface area contributed by atoms with Crippen molar-refractivity contribution in [3.8, 4) is 5.69 Å². The topological polar surface area (TPSA) is 64.0 Å². The highest BCUT2D eigenvalue weighted by atomic mass is 35.5. The van der Waals surface area contributed by atoms with E-state index in [1.807, 2.05) is 0 Å². The van der Waals surface area contributed by atoms with Crippen LogP contribution in [0.4, 0.5) is 32.2 Å². The van der Waals surface area contributed by atoms with Crippen LogP contribution in [0.15, 0.2) is 23.2 Å². The van der Waals surface area contributed by atoms with E-state index in [1.54, 1.807) is 0 Å². The molecule has 1 heterocycles. The second kappa shape index (κ2) is 6.50. The van der Waals surface area contributed by atoms with Crippen LogP contribution in [-0.4, -0.2) is 30.8 Å². The normalized spacial score (nSPS) is 13.1. The Balaban J connectivity index is 2.73. The van der Waals surface area contributed by atoms with Gasteiger partial charge in [-0.15, -0.1) is 0 Å². The summed E-state index contributed by atoms with van der Waals surface area (Å²) >= 11 is 11.5. The molecule has 0 amide bonds. The Labute approximate surface area is 152 Å². The molecular weight excluding hydrogens is 435 g/mol. The lowest BCUT2D eigenvalue weighted by atomic mass is 10.2. The van der Waals surface area contributed by atoms with Crippen molar-refractivity contribution in [3.05, 3.63) is 33.9 Å². The summed E-state index contributed by atoms with van der Waals surface area (Å²) in [6, 6.07) is 0.976. The van der Waals surface area contributed by atoms with Gasteiger partial charge in [0.1, 0.15) is 16.4 Å². The molecule has 0 saturated heterocycles. The van der Waals surface area contributed by atoms with Gasteiger partial charge in [0, 0.05) is 7.05 Å². The largest absolute Gasteiger partial charge is 0.502 e. The third-order valence-corrected chi connectivity index (χ3v) is 5.19. The minimum atomic E-state index is -5.78. The first kappa shape index (κ1) is 20.6. The lowest BCUT2D eigenvalue weighted by Gasteiger charge is -2.15. The number of anilines is 1. The van der Waals surface area contributed by atoms with Crippen molar-refractivity contribution in [1.82, 2.24) is 9.78 Å². The number of nitrogens with one attached hydrogen (secondary N) is 1. The Kier molecular flexibility index (Phi) is 5.16. The van der Waals surface area contributed by atoms with Crippen LogP contribution in [-0.2, 0) is 16.0 Å². The van der Waals surface area contributed by atoms with Gasteiger partial charge in [0.05, 0.1) is 21.8 Å². The Bertz CT molecular complexity index is 930. The fraction of sp³-hybridized carbons (Fsp3) is 0.250. The summed E-state index contributed by atoms with van der Waals surface area (Å²) in [5.41, 5.74) is -7.23. The van der Waals surface area contributed by atoms with Gasteiger partial charge in [-0.05, 0) is 12.1 Å². The van der Waals surface area contributed by atoms with Crippen LogP contribution < -0.4 is 5.32 Å². The molecule has 0 atom stereocenters. The zero-order valence-corrected chi connectivity index (χ0v) is 14.7. The van der Waals surface area contributed by atoms with Gasteiger partial charge in [-0.2, -0.15) is 31.4 Å². The molecule has 0 spiro atoms. The number of alkyl halides is 6. The summed E-state index contributed by atoms with van der Waals surface area (Å²) < 4.78 is 100. The molecule has 144 valence electrons. The zero-order valence-electron chi connectivity index (χ0n) is 12.4. The molecule has 0 aliphatic rings. The van der Waals surface area contributed by atoms with Gasteiger partial charge >= 0.3 is 11.7 Å². The Morgan fingerprint density at radius 1 is 1.08 bits per heavy atom. The first-order valence-electron chi connectivity index (χ1n) is 6.35. The average Bonchev–Trinajstić information content (AvgIpc) is 2.88. The summed E-state index contributed by atoms with van der Waals surface area (Å²) in [6.45, 7) is 0. The summed E-state index contributed by atoms with van der Waals surface area (Å²) in [5.74, 6) is -0.675. The predicted molar refractivity (Wildman–Crippen MR) is 81.4 cm³/mol. The third kappa shape index (κ3) is 3.45. The molecule has 2 rings (SSSR count). The molecular formula is C12H7Cl2F6N3O2S. The van der Waals surface area contributed by atoms with E-state index in [0.29, 0.717) is 23.0 Å². The summed E-state index contributed by atoms with van der Waals surface area (Å²) in [5, 5.41) is 4.48. The first-order chi connectivity index (χ1) is 11.7. The highest BCUT2D eigenvalue weighted by Gasteiger charge is 2.49. The van der Waals surface area contributed by atoms with Crippen LogP contribution in [0.2, 0.25) is 10.0 Å². The molecule has 0 saturated carbocycles. The summed E-state index contributed by atoms with van der Waals surface area (Å²) in [4.78, 5) is -1.24. The molecule has 0 bridgehead atoms. The minimum absolute atomic E-state index is 0.388. The maximum absolute atomic E-state index is 12.8. The fourth-order valence-electron chi connectivity index (χ4n) is 1.98. The molecule has 0 aliphatic heterocycles. The van der Waals surface area contributed by atoms with E-state index in [1.165, 1.54) is 0 Å². The van der Waals surface area contributed by atoms with Crippen LogP contribution in [0.5, 0.6) is 0 Å². The van der Waals surface area contributed by atoms with Crippen molar-refractivity contribution in [2.75, 3.05) is 12.4 Å². The highest BCUT2D eigenvalue weighted by molar-refractivity contribution is 7.92. The van der Waals surface area contributed by atoms with Gasteiger partial charge in [0.15, 0.2) is 0 Å². The SMILES string of the molecule is CNc1c(S(=O)(=O)C(F)(F)F)cnn1-c1c(Cl)cc(C(F)(F)F)cc1Cl. The molecule has 1 aromatic carbocycles. The minimum Gasteiger partial charge on any atom is -0.372 e. The maximum Gasteiger partial charge on any atom is 0.502 e. The molecule has 0 radical (unpaired) electrons. The summed E-state index contributed by atoms with van der Waals surface area (Å²) in [7, 11) is -4.68. The zero-order chi connectivity index (χ0) is 20.1. The lowest BCUT2D eigenvalue weighted by molar-refractivity contribution is -0.137. The van der Waals surface area contributed by atoms with Gasteiger partial charge in [-0.1, -0.05) is 23.2 Å². The van der Waals surface area contributed by atoms with Crippen molar-refractivity contribution in [2.24, 2.45) is 0 Å². The van der Waals surface area contributed by atoms with E-state index in [9.17, 15) is 34.8 Å². The maximum atomic E-state index is 12.8. The monoisotopic (exact) mass is 441 g/mol. The number of hydrogen-bond acceptors (Lipinski definition) is 4. The Morgan fingerprint density at radius 2 is 1.58 bits per heavy atom. The van der Waals surface area contributed by atoms with Crippen molar-refractivity contribution < 1.29 is 34.8 Å². The van der Waals surface area contributed by atoms with E-state index in [0.717, 1.165) is 7.05 Å². The van der Waals surface area contributed by atoms with Gasteiger partial charge in [0.2, 0.25) is 0 Å². The Morgan fingerprint density at radius 3 is 1.96 bits per heavy atom. The fourth-order valence-corrected chi connectivity index (χ4v) is 3.51. The second-order valence-electron chi connectivity index (χ2n) is 4.75. The van der Waals surface area contributed by atoms with Crippen molar-refractivity contribution in [3.63, 3.8) is 0 Å². The molecule has 0 aliphatic carbocycles. The number of benzene rings is 1. The number of rotatable bonds is 3. The highest BCUT2D eigenvalue weighted by Crippen LogP contribution is 2.40. The first-order valence-corrected chi connectivity index (χ1v) is 8.59. The standard InChI is InChI=1S/C12H7Cl2F6N3O2S/c1-21-10-8(26(24,25)12(18,19)20)4-22-23(10)9-6(13)2-5(3-7(9)14)11(15,16)17/h2-4,21H,1H3. The third-order valence-electron chi connectivity index (χ3n) is 3.12. The van der Waals surface area contributed by atoms with E-state index < -0.39 is 53.5 Å². The van der Waals surface area contributed by atoms with Gasteiger partial charge in [0.25, 0.3) is 9.84 Å². The van der Waals surface area contributed by atoms with Crippen molar-refractivity contribution >= 4 is 38.9 Å². The van der Waals surface area contributed by atoms with Crippen LogP contribution in [0.25, 0.3) is 5.69 Å². The predicted octanol–water partition coefficient (Wildman–Crippen LogP) is 4.53. The van der Waals surface area contributed by atoms with Gasteiger partial charge < -0.3 is 5.32 Å². The summed E-state index contributed by atoms with van der Waals surface area (Å²) in [6.07, 6.45) is -4.38. The molecule has 0 fully saturated rings. The average molecular weight is 442 g/mol. The van der Waals surface area contributed by atoms with E-state index in [-0.39, 0.29) is 0 Å². The number of hydrogen-bond donors (Lipinski definition) is 1. The number of aromatic nitrogens is 2. The van der Waals surface area contributed by atoms with Gasteiger partial charge in [-0.25, -0.2) is 13.1 Å². The van der Waals surface area contributed by atoms with E-state index >= 15 is 0 Å². The number of sulfone groups is 1. The Hall–Kier alpha value is -1.66. The molecule has 1 aromatic heterocycles. The molecule has 26 heavy (non-hydrogen) atoms. The van der Waals surface area contributed by atoms with Gasteiger partial charge in [-0.3, -0.25) is 0 Å².